The van der Waals surface area contributed by atoms with Crippen molar-refractivity contribution < 1.29 is 14.7 Å². The minimum absolute atomic E-state index is 0.0109. The summed E-state index contributed by atoms with van der Waals surface area (Å²) in [7, 11) is 0. The first kappa shape index (κ1) is 15.4. The Morgan fingerprint density at radius 1 is 1.43 bits per heavy atom. The van der Waals surface area contributed by atoms with Gasteiger partial charge in [0.15, 0.2) is 0 Å². The molecule has 1 aliphatic heterocycles. The number of carbonyl (C=O) groups excluding carboxylic acids is 2. The van der Waals surface area contributed by atoms with Gasteiger partial charge in [-0.1, -0.05) is 18.2 Å². The van der Waals surface area contributed by atoms with Crippen LogP contribution in [0.25, 0.3) is 0 Å². The third kappa shape index (κ3) is 4.48. The van der Waals surface area contributed by atoms with Gasteiger partial charge in [0.05, 0.1) is 6.42 Å². The predicted octanol–water partition coefficient (Wildman–Crippen LogP) is 1.45. The van der Waals surface area contributed by atoms with Gasteiger partial charge in [-0.3, -0.25) is 9.59 Å². The number of likely N-dealkylation sites (tertiary alicyclic amines) is 1. The third-order valence-corrected chi connectivity index (χ3v) is 3.75. The van der Waals surface area contributed by atoms with Gasteiger partial charge < -0.3 is 15.3 Å². The molecule has 2 rings (SSSR count). The van der Waals surface area contributed by atoms with E-state index in [0.717, 1.165) is 19.4 Å². The predicted molar refractivity (Wildman–Crippen MR) is 79.8 cm³/mol. The Bertz CT molecular complexity index is 516. The van der Waals surface area contributed by atoms with Crippen molar-refractivity contribution in [3.8, 4) is 5.75 Å². The van der Waals surface area contributed by atoms with Crippen molar-refractivity contribution in [1.82, 2.24) is 10.2 Å². The fraction of sp³-hybridized carbons (Fsp3) is 0.500. The van der Waals surface area contributed by atoms with Crippen molar-refractivity contribution in [3.63, 3.8) is 0 Å². The molecular formula is C16H22N2O3. The molecule has 0 radical (unpaired) electrons. The summed E-state index contributed by atoms with van der Waals surface area (Å²) in [5, 5.41) is 12.6. The molecule has 1 heterocycles. The monoisotopic (exact) mass is 290 g/mol. The van der Waals surface area contributed by atoms with Gasteiger partial charge in [-0.2, -0.15) is 0 Å². The van der Waals surface area contributed by atoms with Gasteiger partial charge >= 0.3 is 0 Å². The van der Waals surface area contributed by atoms with E-state index in [4.69, 9.17) is 0 Å². The summed E-state index contributed by atoms with van der Waals surface area (Å²) in [6.45, 7) is 3.46. The summed E-state index contributed by atoms with van der Waals surface area (Å²) in [4.78, 5) is 25.3. The molecule has 114 valence electrons. The maximum Gasteiger partial charge on any atom is 0.224 e. The van der Waals surface area contributed by atoms with Crippen LogP contribution in [0.3, 0.4) is 0 Å². The standard InChI is InChI=1S/C16H22N2O3/c1-12(8-10-18-9-4-7-16(18)21)17-15(20)11-13-5-2-3-6-14(13)19/h2-3,5-6,12,19H,4,7-11H2,1H3,(H,17,20). The molecule has 0 spiro atoms. The molecule has 5 nitrogen and oxygen atoms in total. The van der Waals surface area contributed by atoms with Crippen LogP contribution in [0.2, 0.25) is 0 Å². The Morgan fingerprint density at radius 2 is 2.19 bits per heavy atom. The number of phenols is 1. The topological polar surface area (TPSA) is 69.6 Å². The zero-order valence-corrected chi connectivity index (χ0v) is 12.3. The summed E-state index contributed by atoms with van der Waals surface area (Å²) in [6, 6.07) is 6.85. The number of phenolic OH excluding ortho intramolecular Hbond substituents is 1. The normalized spacial score (nSPS) is 16.0. The summed E-state index contributed by atoms with van der Waals surface area (Å²) in [5.41, 5.74) is 0.622. The number of hydrogen-bond acceptors (Lipinski definition) is 3. The van der Waals surface area contributed by atoms with Gasteiger partial charge in [0.25, 0.3) is 0 Å². The number of nitrogens with one attached hydrogen (secondary N) is 1. The lowest BCUT2D eigenvalue weighted by Crippen LogP contribution is -2.37. The first-order chi connectivity index (χ1) is 10.1. The van der Waals surface area contributed by atoms with Crippen LogP contribution in [0.5, 0.6) is 5.75 Å². The summed E-state index contributed by atoms with van der Waals surface area (Å²) in [5.74, 6) is 0.238. The molecule has 1 aromatic carbocycles. The number of benzene rings is 1. The van der Waals surface area contributed by atoms with Crippen LogP contribution in [0.4, 0.5) is 0 Å². The smallest absolute Gasteiger partial charge is 0.224 e. The van der Waals surface area contributed by atoms with Crippen LogP contribution in [0.15, 0.2) is 24.3 Å². The van der Waals surface area contributed by atoms with E-state index in [2.05, 4.69) is 5.32 Å². The molecule has 0 aliphatic carbocycles. The van der Waals surface area contributed by atoms with Gasteiger partial charge in [-0.25, -0.2) is 0 Å². The van der Waals surface area contributed by atoms with E-state index in [1.807, 2.05) is 11.8 Å². The second-order valence-corrected chi connectivity index (χ2v) is 5.55. The third-order valence-electron chi connectivity index (χ3n) is 3.75. The van der Waals surface area contributed by atoms with Crippen LogP contribution in [0, 0.1) is 0 Å². The average Bonchev–Trinajstić information content (AvgIpc) is 2.84. The molecule has 1 aromatic rings. The quantitative estimate of drug-likeness (QED) is 0.833. The molecule has 1 saturated heterocycles. The van der Waals surface area contributed by atoms with Crippen LogP contribution in [-0.2, 0) is 16.0 Å². The summed E-state index contributed by atoms with van der Waals surface area (Å²) >= 11 is 0. The molecule has 0 saturated carbocycles. The number of aromatic hydroxyl groups is 1. The number of para-hydroxylation sites is 1. The zero-order chi connectivity index (χ0) is 15.2. The van der Waals surface area contributed by atoms with Gasteiger partial charge in [0.1, 0.15) is 5.75 Å². The first-order valence-electron chi connectivity index (χ1n) is 7.40. The van der Waals surface area contributed by atoms with Crippen molar-refractivity contribution in [3.05, 3.63) is 29.8 Å². The van der Waals surface area contributed by atoms with Crippen LogP contribution in [0.1, 0.15) is 31.7 Å². The van der Waals surface area contributed by atoms with Gasteiger partial charge in [-0.05, 0) is 25.8 Å². The molecule has 2 amide bonds. The molecular weight excluding hydrogens is 268 g/mol. The fourth-order valence-electron chi connectivity index (χ4n) is 2.52. The molecule has 1 fully saturated rings. The molecule has 0 aromatic heterocycles. The maximum absolute atomic E-state index is 11.9. The molecule has 1 atom stereocenters. The summed E-state index contributed by atoms with van der Waals surface area (Å²) < 4.78 is 0. The number of amides is 2. The SMILES string of the molecule is CC(CCN1CCCC1=O)NC(=O)Cc1ccccc1O. The lowest BCUT2D eigenvalue weighted by Gasteiger charge is -2.19. The van der Waals surface area contributed by atoms with E-state index in [1.54, 1.807) is 24.3 Å². The summed E-state index contributed by atoms with van der Waals surface area (Å²) in [6.07, 6.45) is 2.50. The van der Waals surface area contributed by atoms with Crippen molar-refractivity contribution >= 4 is 11.8 Å². The molecule has 1 unspecified atom stereocenters. The van der Waals surface area contributed by atoms with E-state index >= 15 is 0 Å². The Kier molecular flexibility index (Phi) is 5.20. The molecule has 5 heteroatoms. The Balaban J connectivity index is 1.74. The maximum atomic E-state index is 11.9. The van der Waals surface area contributed by atoms with E-state index in [9.17, 15) is 14.7 Å². The molecule has 1 aliphatic rings. The van der Waals surface area contributed by atoms with Crippen LogP contribution < -0.4 is 5.32 Å². The Morgan fingerprint density at radius 3 is 2.86 bits per heavy atom. The van der Waals surface area contributed by atoms with E-state index < -0.39 is 0 Å². The minimum Gasteiger partial charge on any atom is -0.508 e. The van der Waals surface area contributed by atoms with E-state index in [1.165, 1.54) is 0 Å². The Labute approximate surface area is 125 Å². The van der Waals surface area contributed by atoms with Crippen LogP contribution in [-0.4, -0.2) is 41.0 Å². The average molecular weight is 290 g/mol. The highest BCUT2D eigenvalue weighted by Crippen LogP contribution is 2.16. The van der Waals surface area contributed by atoms with Crippen molar-refractivity contribution in [2.24, 2.45) is 0 Å². The lowest BCUT2D eigenvalue weighted by atomic mass is 10.1. The molecule has 2 N–H and O–H groups in total. The second kappa shape index (κ2) is 7.11. The molecule has 21 heavy (non-hydrogen) atoms. The minimum atomic E-state index is -0.114. The Hall–Kier alpha value is -2.04. The van der Waals surface area contributed by atoms with Crippen molar-refractivity contribution in [2.45, 2.75) is 38.6 Å². The van der Waals surface area contributed by atoms with Crippen LogP contribution >= 0.6 is 0 Å². The van der Waals surface area contributed by atoms with Gasteiger partial charge in [0, 0.05) is 31.1 Å². The van der Waals surface area contributed by atoms with Gasteiger partial charge in [-0.15, -0.1) is 0 Å². The van der Waals surface area contributed by atoms with Gasteiger partial charge in [0.2, 0.25) is 11.8 Å². The highest BCUT2D eigenvalue weighted by molar-refractivity contribution is 5.79. The number of hydrogen-bond donors (Lipinski definition) is 2. The number of carbonyl (C=O) groups is 2. The number of nitrogens with zero attached hydrogens (tertiary/aromatic N) is 1. The fourth-order valence-corrected chi connectivity index (χ4v) is 2.52. The second-order valence-electron chi connectivity index (χ2n) is 5.55. The largest absolute Gasteiger partial charge is 0.508 e. The molecule has 0 bridgehead atoms. The van der Waals surface area contributed by atoms with Crippen molar-refractivity contribution in [1.29, 1.82) is 0 Å². The van der Waals surface area contributed by atoms with Crippen molar-refractivity contribution in [2.75, 3.05) is 13.1 Å². The lowest BCUT2D eigenvalue weighted by molar-refractivity contribution is -0.127. The highest BCUT2D eigenvalue weighted by Gasteiger charge is 2.20. The van der Waals surface area contributed by atoms with E-state index in [0.29, 0.717) is 18.5 Å². The zero-order valence-electron chi connectivity index (χ0n) is 12.3. The highest BCUT2D eigenvalue weighted by atomic mass is 16.3. The number of rotatable bonds is 6. The first-order valence-corrected chi connectivity index (χ1v) is 7.40. The van der Waals surface area contributed by atoms with E-state index in [-0.39, 0.29) is 30.0 Å².